The van der Waals surface area contributed by atoms with Gasteiger partial charge >= 0.3 is 0 Å². The smallest absolute Gasteiger partial charge is 0.224 e. The SMILES string of the molecule is Cc1ccc(C)c(C(C)NC(=O)C2CCCN(C)C2)c1. The maximum absolute atomic E-state index is 12.4. The molecule has 1 aliphatic heterocycles. The van der Waals surface area contributed by atoms with E-state index in [4.69, 9.17) is 0 Å². The summed E-state index contributed by atoms with van der Waals surface area (Å²) in [6, 6.07) is 6.49. The second kappa shape index (κ2) is 6.40. The van der Waals surface area contributed by atoms with Crippen LogP contribution in [0.5, 0.6) is 0 Å². The summed E-state index contributed by atoms with van der Waals surface area (Å²) in [5.41, 5.74) is 3.70. The highest BCUT2D eigenvalue weighted by molar-refractivity contribution is 5.79. The van der Waals surface area contributed by atoms with Crippen LogP contribution in [0.25, 0.3) is 0 Å². The lowest BCUT2D eigenvalue weighted by molar-refractivity contribution is -0.127. The van der Waals surface area contributed by atoms with Gasteiger partial charge in [0, 0.05) is 6.54 Å². The lowest BCUT2D eigenvalue weighted by Gasteiger charge is -2.30. The molecule has 1 N–H and O–H groups in total. The van der Waals surface area contributed by atoms with Gasteiger partial charge in [-0.2, -0.15) is 0 Å². The summed E-state index contributed by atoms with van der Waals surface area (Å²) < 4.78 is 0. The van der Waals surface area contributed by atoms with Crippen molar-refractivity contribution < 1.29 is 4.79 Å². The van der Waals surface area contributed by atoms with Crippen LogP contribution < -0.4 is 5.32 Å². The summed E-state index contributed by atoms with van der Waals surface area (Å²) in [5.74, 6) is 0.339. The molecule has 20 heavy (non-hydrogen) atoms. The quantitative estimate of drug-likeness (QED) is 0.919. The molecule has 1 aromatic rings. The highest BCUT2D eigenvalue weighted by atomic mass is 16.2. The summed E-state index contributed by atoms with van der Waals surface area (Å²) >= 11 is 0. The topological polar surface area (TPSA) is 32.3 Å². The molecular formula is C17H26N2O. The number of rotatable bonds is 3. The molecule has 2 unspecified atom stereocenters. The van der Waals surface area contributed by atoms with Crippen LogP contribution in [0.1, 0.15) is 42.5 Å². The zero-order valence-corrected chi connectivity index (χ0v) is 13.1. The standard InChI is InChI=1S/C17H26N2O/c1-12-7-8-13(2)16(10-12)14(3)18-17(20)15-6-5-9-19(4)11-15/h7-8,10,14-15H,5-6,9,11H2,1-4H3,(H,18,20). The van der Waals surface area contributed by atoms with E-state index in [0.717, 1.165) is 25.9 Å². The first kappa shape index (κ1) is 15.0. The summed E-state index contributed by atoms with van der Waals surface area (Å²) in [6.07, 6.45) is 2.13. The van der Waals surface area contributed by atoms with E-state index in [2.05, 4.69) is 56.2 Å². The van der Waals surface area contributed by atoms with Crippen LogP contribution >= 0.6 is 0 Å². The van der Waals surface area contributed by atoms with Crippen LogP contribution in [0.15, 0.2) is 18.2 Å². The van der Waals surface area contributed by atoms with Crippen molar-refractivity contribution in [1.29, 1.82) is 0 Å². The zero-order valence-electron chi connectivity index (χ0n) is 13.1. The first-order valence-corrected chi connectivity index (χ1v) is 7.53. The third kappa shape index (κ3) is 3.60. The summed E-state index contributed by atoms with van der Waals surface area (Å²) in [4.78, 5) is 14.6. The van der Waals surface area contributed by atoms with E-state index in [1.807, 2.05) is 0 Å². The van der Waals surface area contributed by atoms with E-state index in [-0.39, 0.29) is 17.9 Å². The molecule has 3 heteroatoms. The Morgan fingerprint density at radius 3 is 2.85 bits per heavy atom. The van der Waals surface area contributed by atoms with Gasteiger partial charge in [0.1, 0.15) is 0 Å². The van der Waals surface area contributed by atoms with E-state index >= 15 is 0 Å². The fourth-order valence-electron chi connectivity index (χ4n) is 3.02. The monoisotopic (exact) mass is 274 g/mol. The predicted molar refractivity (Wildman–Crippen MR) is 82.7 cm³/mol. The zero-order chi connectivity index (χ0) is 14.7. The van der Waals surface area contributed by atoms with Crippen LogP contribution in [-0.4, -0.2) is 30.9 Å². The Hall–Kier alpha value is -1.35. The van der Waals surface area contributed by atoms with Crippen molar-refractivity contribution in [1.82, 2.24) is 10.2 Å². The molecule has 3 nitrogen and oxygen atoms in total. The van der Waals surface area contributed by atoms with Crippen LogP contribution in [0.3, 0.4) is 0 Å². The Bertz CT molecular complexity index is 484. The van der Waals surface area contributed by atoms with E-state index < -0.39 is 0 Å². The Labute approximate surface area is 122 Å². The number of likely N-dealkylation sites (tertiary alicyclic amines) is 1. The number of amides is 1. The number of nitrogens with zero attached hydrogens (tertiary/aromatic N) is 1. The highest BCUT2D eigenvalue weighted by Crippen LogP contribution is 2.21. The number of hydrogen-bond donors (Lipinski definition) is 1. The molecule has 1 aromatic carbocycles. The number of piperidine rings is 1. The predicted octanol–water partition coefficient (Wildman–Crippen LogP) is 2.82. The second-order valence-electron chi connectivity index (χ2n) is 6.19. The number of aryl methyl sites for hydroxylation is 2. The molecule has 2 atom stereocenters. The van der Waals surface area contributed by atoms with Gasteiger partial charge < -0.3 is 10.2 Å². The molecule has 1 amide bonds. The van der Waals surface area contributed by atoms with E-state index in [9.17, 15) is 4.79 Å². The summed E-state index contributed by atoms with van der Waals surface area (Å²) in [5, 5.41) is 3.19. The number of carbonyl (C=O) groups excluding carboxylic acids is 1. The van der Waals surface area contributed by atoms with Crippen molar-refractivity contribution in [3.05, 3.63) is 34.9 Å². The van der Waals surface area contributed by atoms with Crippen LogP contribution in [0.4, 0.5) is 0 Å². The maximum atomic E-state index is 12.4. The van der Waals surface area contributed by atoms with Gasteiger partial charge in [0.25, 0.3) is 0 Å². The molecule has 1 aliphatic rings. The Morgan fingerprint density at radius 2 is 2.15 bits per heavy atom. The molecule has 1 fully saturated rings. The number of nitrogens with one attached hydrogen (secondary N) is 1. The van der Waals surface area contributed by atoms with Gasteiger partial charge in [-0.3, -0.25) is 4.79 Å². The molecule has 0 saturated carbocycles. The molecule has 0 aliphatic carbocycles. The molecule has 1 heterocycles. The van der Waals surface area contributed by atoms with Crippen molar-refractivity contribution in [2.75, 3.05) is 20.1 Å². The van der Waals surface area contributed by atoms with E-state index in [1.165, 1.54) is 16.7 Å². The van der Waals surface area contributed by atoms with Gasteiger partial charge in [0.2, 0.25) is 5.91 Å². The van der Waals surface area contributed by atoms with Crippen molar-refractivity contribution in [3.63, 3.8) is 0 Å². The van der Waals surface area contributed by atoms with Crippen LogP contribution in [-0.2, 0) is 4.79 Å². The van der Waals surface area contributed by atoms with E-state index in [0.29, 0.717) is 0 Å². The van der Waals surface area contributed by atoms with Crippen molar-refractivity contribution in [2.45, 2.75) is 39.7 Å². The highest BCUT2D eigenvalue weighted by Gasteiger charge is 2.25. The van der Waals surface area contributed by atoms with Gasteiger partial charge in [-0.05, 0) is 58.3 Å². The molecule has 0 spiro atoms. The summed E-state index contributed by atoms with van der Waals surface area (Å²) in [6.45, 7) is 8.26. The lowest BCUT2D eigenvalue weighted by Crippen LogP contribution is -2.42. The number of benzene rings is 1. The largest absolute Gasteiger partial charge is 0.349 e. The fraction of sp³-hybridized carbons (Fsp3) is 0.588. The lowest BCUT2D eigenvalue weighted by atomic mass is 9.95. The van der Waals surface area contributed by atoms with Crippen molar-refractivity contribution in [3.8, 4) is 0 Å². The minimum Gasteiger partial charge on any atom is -0.349 e. The first-order chi connectivity index (χ1) is 9.47. The molecule has 0 aromatic heterocycles. The second-order valence-corrected chi connectivity index (χ2v) is 6.19. The average Bonchev–Trinajstić information content (AvgIpc) is 2.41. The van der Waals surface area contributed by atoms with Crippen molar-refractivity contribution in [2.24, 2.45) is 5.92 Å². The maximum Gasteiger partial charge on any atom is 0.224 e. The number of carbonyl (C=O) groups is 1. The Kier molecular flexibility index (Phi) is 4.81. The Morgan fingerprint density at radius 1 is 1.40 bits per heavy atom. The van der Waals surface area contributed by atoms with Crippen molar-refractivity contribution >= 4 is 5.91 Å². The third-order valence-electron chi connectivity index (χ3n) is 4.26. The van der Waals surface area contributed by atoms with Crippen LogP contribution in [0, 0.1) is 19.8 Å². The molecule has 2 rings (SSSR count). The fourth-order valence-corrected chi connectivity index (χ4v) is 3.02. The van der Waals surface area contributed by atoms with Gasteiger partial charge in [-0.25, -0.2) is 0 Å². The minimum atomic E-state index is 0.0784. The molecule has 1 saturated heterocycles. The summed E-state index contributed by atoms with van der Waals surface area (Å²) in [7, 11) is 2.09. The minimum absolute atomic E-state index is 0.0784. The van der Waals surface area contributed by atoms with Crippen LogP contribution in [0.2, 0.25) is 0 Å². The number of hydrogen-bond acceptors (Lipinski definition) is 2. The molecule has 110 valence electrons. The van der Waals surface area contributed by atoms with Gasteiger partial charge in [0.05, 0.1) is 12.0 Å². The Balaban J connectivity index is 2.01. The first-order valence-electron chi connectivity index (χ1n) is 7.53. The van der Waals surface area contributed by atoms with Gasteiger partial charge in [-0.15, -0.1) is 0 Å². The average molecular weight is 274 g/mol. The molecule has 0 radical (unpaired) electrons. The normalized spacial score (nSPS) is 21.5. The van der Waals surface area contributed by atoms with E-state index in [1.54, 1.807) is 0 Å². The van der Waals surface area contributed by atoms with Gasteiger partial charge in [0.15, 0.2) is 0 Å². The molecular weight excluding hydrogens is 248 g/mol. The third-order valence-corrected chi connectivity index (χ3v) is 4.26. The van der Waals surface area contributed by atoms with Gasteiger partial charge in [-0.1, -0.05) is 23.8 Å². The molecule has 0 bridgehead atoms.